The molecule has 2 aromatic rings. The Bertz CT molecular complexity index is 854. The van der Waals surface area contributed by atoms with Crippen LogP contribution < -0.4 is 4.72 Å². The Labute approximate surface area is 172 Å². The summed E-state index contributed by atoms with van der Waals surface area (Å²) in [7, 11) is -3.89. The fraction of sp³-hybridized carbons (Fsp3) is 0.381. The van der Waals surface area contributed by atoms with Gasteiger partial charge in [0.25, 0.3) is 0 Å². The number of benzene rings is 2. The van der Waals surface area contributed by atoms with Crippen LogP contribution >= 0.6 is 11.6 Å². The van der Waals surface area contributed by atoms with Gasteiger partial charge in [-0.1, -0.05) is 73.0 Å². The number of hydrogen-bond acceptors (Lipinski definition) is 4. The Hall–Kier alpha value is -1.89. The lowest BCUT2D eigenvalue weighted by Gasteiger charge is -2.20. The number of nitrogens with one attached hydrogen (secondary N) is 1. The molecule has 0 aliphatic rings. The molecule has 5 nitrogen and oxygen atoms in total. The molecule has 0 saturated heterocycles. The van der Waals surface area contributed by atoms with Crippen LogP contribution in [0.2, 0.25) is 0 Å². The number of halogens is 1. The van der Waals surface area contributed by atoms with Gasteiger partial charge in [-0.2, -0.15) is 4.72 Å². The molecule has 2 rings (SSSR count). The van der Waals surface area contributed by atoms with Crippen LogP contribution in [-0.2, 0) is 26.0 Å². The number of ether oxygens (including phenoxy) is 1. The van der Waals surface area contributed by atoms with Crippen molar-refractivity contribution in [3.8, 4) is 0 Å². The van der Waals surface area contributed by atoms with Crippen LogP contribution in [0, 0.1) is 6.92 Å². The highest BCUT2D eigenvalue weighted by Crippen LogP contribution is 2.15. The summed E-state index contributed by atoms with van der Waals surface area (Å²) in [4.78, 5) is 12.7. The van der Waals surface area contributed by atoms with E-state index in [1.54, 1.807) is 12.1 Å². The van der Waals surface area contributed by atoms with Crippen molar-refractivity contribution in [2.24, 2.45) is 0 Å². The topological polar surface area (TPSA) is 72.5 Å². The zero-order valence-electron chi connectivity index (χ0n) is 16.1. The van der Waals surface area contributed by atoms with Crippen LogP contribution in [0.4, 0.5) is 0 Å². The number of aryl methyl sites for hydroxylation is 1. The zero-order valence-corrected chi connectivity index (χ0v) is 17.7. The second kappa shape index (κ2) is 10.6. The highest BCUT2D eigenvalue weighted by Gasteiger charge is 2.28. The summed E-state index contributed by atoms with van der Waals surface area (Å²) in [5.74, 6) is -0.685. The summed E-state index contributed by atoms with van der Waals surface area (Å²) in [6.07, 6.45) is 2.43. The highest BCUT2D eigenvalue weighted by molar-refractivity contribution is 7.89. The monoisotopic (exact) mass is 423 g/mol. The van der Waals surface area contributed by atoms with Gasteiger partial charge in [-0.15, -0.1) is 0 Å². The third-order valence-corrected chi connectivity index (χ3v) is 6.02. The van der Waals surface area contributed by atoms with E-state index in [0.29, 0.717) is 6.42 Å². The molecule has 7 heteroatoms. The van der Waals surface area contributed by atoms with Crippen molar-refractivity contribution >= 4 is 27.6 Å². The van der Waals surface area contributed by atoms with E-state index in [1.807, 2.05) is 44.2 Å². The second-order valence-corrected chi connectivity index (χ2v) is 8.87. The quantitative estimate of drug-likeness (QED) is 0.459. The average molecular weight is 424 g/mol. The van der Waals surface area contributed by atoms with Crippen molar-refractivity contribution < 1.29 is 17.9 Å². The van der Waals surface area contributed by atoms with Gasteiger partial charge < -0.3 is 4.74 Å². The highest BCUT2D eigenvalue weighted by atomic mass is 35.5. The van der Waals surface area contributed by atoms with Crippen molar-refractivity contribution in [1.29, 1.82) is 0 Å². The Morgan fingerprint density at radius 2 is 1.75 bits per heavy atom. The van der Waals surface area contributed by atoms with E-state index in [0.717, 1.165) is 24.0 Å². The zero-order chi connectivity index (χ0) is 20.6. The van der Waals surface area contributed by atoms with Crippen LogP contribution in [0.1, 0.15) is 37.3 Å². The first-order valence-electron chi connectivity index (χ1n) is 9.29. The summed E-state index contributed by atoms with van der Waals surface area (Å²) in [5.41, 5.74) is 0.977. The van der Waals surface area contributed by atoms with Crippen molar-refractivity contribution in [2.75, 3.05) is 0 Å². The molecule has 0 bridgehead atoms. The van der Waals surface area contributed by atoms with E-state index < -0.39 is 27.6 Å². The predicted octanol–water partition coefficient (Wildman–Crippen LogP) is 4.18. The van der Waals surface area contributed by atoms with Gasteiger partial charge in [0, 0.05) is 0 Å². The van der Waals surface area contributed by atoms with E-state index >= 15 is 0 Å². The molecule has 28 heavy (non-hydrogen) atoms. The van der Waals surface area contributed by atoms with Gasteiger partial charge >= 0.3 is 5.97 Å². The third kappa shape index (κ3) is 6.93. The van der Waals surface area contributed by atoms with Crippen LogP contribution in [0.25, 0.3) is 0 Å². The lowest BCUT2D eigenvalue weighted by atomic mass is 10.1. The minimum atomic E-state index is -3.89. The molecule has 0 saturated carbocycles. The predicted molar refractivity (Wildman–Crippen MR) is 111 cm³/mol. The van der Waals surface area contributed by atoms with E-state index in [4.69, 9.17) is 16.3 Å². The molecule has 0 radical (unpaired) electrons. The summed E-state index contributed by atoms with van der Waals surface area (Å²) < 4.78 is 33.3. The maximum atomic E-state index is 12.8. The normalized spacial score (nSPS) is 13.7. The van der Waals surface area contributed by atoms with Gasteiger partial charge in [-0.05, 0) is 43.9 Å². The van der Waals surface area contributed by atoms with Gasteiger partial charge in [0.2, 0.25) is 10.0 Å². The largest absolute Gasteiger partial charge is 0.445 e. The number of carbonyl (C=O) groups is 1. The second-order valence-electron chi connectivity index (χ2n) is 6.67. The maximum Gasteiger partial charge on any atom is 0.326 e. The lowest BCUT2D eigenvalue weighted by molar-refractivity contribution is -0.147. The van der Waals surface area contributed by atoms with Crippen molar-refractivity contribution in [2.45, 2.75) is 56.0 Å². The fourth-order valence-electron chi connectivity index (χ4n) is 2.63. The van der Waals surface area contributed by atoms with Crippen molar-refractivity contribution in [3.05, 3.63) is 65.7 Å². The third-order valence-electron chi connectivity index (χ3n) is 4.22. The van der Waals surface area contributed by atoms with Crippen LogP contribution in [0.5, 0.6) is 0 Å². The maximum absolute atomic E-state index is 12.8. The van der Waals surface area contributed by atoms with Gasteiger partial charge in [0.05, 0.1) is 4.90 Å². The Morgan fingerprint density at radius 1 is 1.11 bits per heavy atom. The number of rotatable bonds is 10. The molecular formula is C21H26ClNO4S. The van der Waals surface area contributed by atoms with E-state index in [1.165, 1.54) is 12.1 Å². The summed E-state index contributed by atoms with van der Waals surface area (Å²) in [6.45, 7) is 3.88. The first-order chi connectivity index (χ1) is 13.3. The van der Waals surface area contributed by atoms with E-state index in [2.05, 4.69) is 4.72 Å². The van der Waals surface area contributed by atoms with Crippen LogP contribution in [0.3, 0.4) is 0 Å². The molecule has 0 fully saturated rings. The Balaban J connectivity index is 2.19. The van der Waals surface area contributed by atoms with Gasteiger partial charge in [0.15, 0.2) is 5.56 Å². The first-order valence-corrected chi connectivity index (χ1v) is 11.2. The Morgan fingerprint density at radius 3 is 2.36 bits per heavy atom. The van der Waals surface area contributed by atoms with Gasteiger partial charge in [-0.25, -0.2) is 8.42 Å². The molecule has 0 heterocycles. The summed E-state index contributed by atoms with van der Waals surface area (Å²) >= 11 is 6.09. The number of alkyl halides is 1. The summed E-state index contributed by atoms with van der Waals surface area (Å²) in [6, 6.07) is 14.5. The minimum absolute atomic E-state index is 0.0948. The molecule has 0 aliphatic carbocycles. The molecular weight excluding hydrogens is 398 g/mol. The molecule has 0 amide bonds. The SMILES string of the molecule is CCCCC(Cl)OC(=O)[C@H](Cc1ccccc1)NS(=O)(=O)c1ccc(C)cc1. The van der Waals surface area contributed by atoms with Gasteiger partial charge in [0.1, 0.15) is 6.04 Å². The van der Waals surface area contributed by atoms with E-state index in [9.17, 15) is 13.2 Å². The first kappa shape index (κ1) is 22.4. The van der Waals surface area contributed by atoms with Crippen LogP contribution in [0.15, 0.2) is 59.5 Å². The standard InChI is InChI=1S/C21H26ClNO4S/c1-3-4-10-20(22)27-21(24)19(15-17-8-6-5-7-9-17)23-28(25,26)18-13-11-16(2)12-14-18/h5-9,11-14,19-20,23H,3-4,10,15H2,1-2H3/t19-,20?/m0/s1. The molecule has 0 spiro atoms. The van der Waals surface area contributed by atoms with E-state index in [-0.39, 0.29) is 11.3 Å². The average Bonchev–Trinajstić information content (AvgIpc) is 2.67. The number of sulfonamides is 1. The smallest absolute Gasteiger partial charge is 0.326 e. The summed E-state index contributed by atoms with van der Waals surface area (Å²) in [5, 5.41) is 0. The molecule has 2 aromatic carbocycles. The molecule has 152 valence electrons. The molecule has 0 aliphatic heterocycles. The molecule has 0 aromatic heterocycles. The molecule has 1 N–H and O–H groups in total. The Kier molecular flexibility index (Phi) is 8.48. The number of carbonyl (C=O) groups excluding carboxylic acids is 1. The lowest BCUT2D eigenvalue weighted by Crippen LogP contribution is -2.44. The minimum Gasteiger partial charge on any atom is -0.445 e. The molecule has 2 atom stereocenters. The van der Waals surface area contributed by atoms with Gasteiger partial charge in [-0.3, -0.25) is 4.79 Å². The van der Waals surface area contributed by atoms with Crippen LogP contribution in [-0.4, -0.2) is 26.0 Å². The fourth-order valence-corrected chi connectivity index (χ4v) is 4.05. The number of esters is 1. The molecule has 1 unspecified atom stereocenters. The van der Waals surface area contributed by atoms with Crippen molar-refractivity contribution in [1.82, 2.24) is 4.72 Å². The number of unbranched alkanes of at least 4 members (excludes halogenated alkanes) is 1. The van der Waals surface area contributed by atoms with Crippen molar-refractivity contribution in [3.63, 3.8) is 0 Å². The number of hydrogen-bond donors (Lipinski definition) is 1.